The summed E-state index contributed by atoms with van der Waals surface area (Å²) in [7, 11) is 0. The van der Waals surface area contributed by atoms with Gasteiger partial charge in [-0.05, 0) is 96.8 Å². The number of aliphatic hydroxyl groups excluding tert-OH is 1. The number of Topliss-reactive ketones (excluding diaryl/α,β-unsaturated/α-hetero) is 1. The summed E-state index contributed by atoms with van der Waals surface area (Å²) >= 11 is 3.36. The number of anilines is 1. The second kappa shape index (κ2) is 10.6. The molecule has 4 aromatic rings. The topological polar surface area (TPSA) is 130 Å². The molecule has 2 amide bonds. The number of aliphatic hydroxyl groups is 1. The molecule has 1 aliphatic heterocycles. The summed E-state index contributed by atoms with van der Waals surface area (Å²) in [6.07, 6.45) is 5.72. The number of likely N-dealkylation sites (tertiary alicyclic amines) is 1. The van der Waals surface area contributed by atoms with Gasteiger partial charge in [0.05, 0.1) is 5.52 Å². The lowest BCUT2D eigenvalue weighted by Crippen LogP contribution is -2.46. The van der Waals surface area contributed by atoms with E-state index in [1.165, 1.54) is 6.92 Å². The second-order valence-corrected chi connectivity index (χ2v) is 12.9. The first-order valence-electron chi connectivity index (χ1n) is 14.3. The van der Waals surface area contributed by atoms with Crippen LogP contribution in [0.5, 0.6) is 0 Å². The van der Waals surface area contributed by atoms with Gasteiger partial charge in [-0.1, -0.05) is 13.0 Å². The van der Waals surface area contributed by atoms with Gasteiger partial charge in [0.1, 0.15) is 29.1 Å². The molecule has 4 atom stereocenters. The van der Waals surface area contributed by atoms with Crippen molar-refractivity contribution < 1.29 is 19.5 Å². The average Bonchev–Trinajstić information content (AvgIpc) is 3.31. The van der Waals surface area contributed by atoms with E-state index in [0.717, 1.165) is 39.6 Å². The zero-order valence-corrected chi connectivity index (χ0v) is 26.3. The fourth-order valence-electron chi connectivity index (χ4n) is 6.35. The Kier molecular flexibility index (Phi) is 7.21. The number of benzene rings is 1. The molecule has 0 bridgehead atoms. The van der Waals surface area contributed by atoms with Crippen molar-refractivity contribution in [3.63, 3.8) is 0 Å². The number of nitrogens with one attached hydrogen (secondary N) is 1. The molecule has 4 heterocycles. The smallest absolute Gasteiger partial charge is 0.248 e. The molecule has 3 aromatic heterocycles. The van der Waals surface area contributed by atoms with Gasteiger partial charge >= 0.3 is 0 Å². The Bertz CT molecular complexity index is 1800. The highest BCUT2D eigenvalue weighted by atomic mass is 79.9. The molecule has 43 heavy (non-hydrogen) atoms. The molecule has 1 aliphatic carbocycles. The first-order chi connectivity index (χ1) is 20.4. The minimum absolute atomic E-state index is 0.000681. The van der Waals surface area contributed by atoms with Crippen LogP contribution in [0.2, 0.25) is 0 Å². The fourth-order valence-corrected chi connectivity index (χ4v) is 6.66. The van der Waals surface area contributed by atoms with Gasteiger partial charge in [0, 0.05) is 41.1 Å². The Morgan fingerprint density at radius 2 is 1.84 bits per heavy atom. The van der Waals surface area contributed by atoms with Crippen LogP contribution in [0, 0.1) is 19.3 Å². The maximum Gasteiger partial charge on any atom is 0.248 e. The van der Waals surface area contributed by atoms with E-state index in [9.17, 15) is 19.5 Å². The van der Waals surface area contributed by atoms with E-state index in [2.05, 4.69) is 43.1 Å². The Morgan fingerprint density at radius 1 is 1.12 bits per heavy atom. The molecule has 1 unspecified atom stereocenters. The molecular formula is C32H33BrN6O4. The maximum atomic E-state index is 14.0. The van der Waals surface area contributed by atoms with Gasteiger partial charge in [0.2, 0.25) is 11.8 Å². The summed E-state index contributed by atoms with van der Waals surface area (Å²) in [5.74, 6) is 0.278. The highest BCUT2D eigenvalue weighted by Gasteiger charge is 2.64. The number of aryl methyl sites for hydroxylation is 2. The first kappa shape index (κ1) is 29.1. The molecule has 2 N–H and O–H groups in total. The number of amides is 2. The van der Waals surface area contributed by atoms with Gasteiger partial charge in [-0.2, -0.15) is 0 Å². The Morgan fingerprint density at radius 3 is 2.51 bits per heavy atom. The fraction of sp³-hybridized carbons (Fsp3) is 0.375. The van der Waals surface area contributed by atoms with Crippen LogP contribution in [-0.4, -0.2) is 59.2 Å². The summed E-state index contributed by atoms with van der Waals surface area (Å²) in [5.41, 5.74) is 4.51. The van der Waals surface area contributed by atoms with Gasteiger partial charge in [-0.3, -0.25) is 14.4 Å². The number of pyridine rings is 1. The minimum atomic E-state index is -0.773. The third-order valence-corrected chi connectivity index (χ3v) is 9.20. The van der Waals surface area contributed by atoms with Crippen molar-refractivity contribution in [2.75, 3.05) is 5.32 Å². The van der Waals surface area contributed by atoms with Crippen LogP contribution in [0.25, 0.3) is 22.0 Å². The molecule has 0 spiro atoms. The van der Waals surface area contributed by atoms with E-state index in [0.29, 0.717) is 28.2 Å². The third-order valence-electron chi connectivity index (χ3n) is 8.76. The molecule has 1 saturated carbocycles. The largest absolute Gasteiger partial charge is 0.385 e. The molecule has 1 saturated heterocycles. The van der Waals surface area contributed by atoms with Crippen molar-refractivity contribution >= 4 is 50.2 Å². The van der Waals surface area contributed by atoms with Crippen LogP contribution in [0.15, 0.2) is 47.5 Å². The third kappa shape index (κ3) is 5.25. The van der Waals surface area contributed by atoms with Crippen LogP contribution in [-0.2, 0) is 16.1 Å². The number of piperidine rings is 1. The lowest BCUT2D eigenvalue weighted by molar-refractivity contribution is -0.138. The summed E-state index contributed by atoms with van der Waals surface area (Å²) in [6.45, 7) is 9.06. The molecule has 10 nitrogen and oxygen atoms in total. The quantitative estimate of drug-likeness (QED) is 0.210. The number of aromatic nitrogens is 4. The van der Waals surface area contributed by atoms with Crippen LogP contribution >= 0.6 is 15.9 Å². The molecule has 6 rings (SSSR count). The average molecular weight is 646 g/mol. The number of ketones is 1. The van der Waals surface area contributed by atoms with Crippen molar-refractivity contribution in [1.29, 1.82) is 0 Å². The Hall–Kier alpha value is -3.96. The molecule has 11 heteroatoms. The second-order valence-electron chi connectivity index (χ2n) is 12.1. The van der Waals surface area contributed by atoms with E-state index in [4.69, 9.17) is 0 Å². The SMILES string of the molecule is CC(=O)c1cn(CC(=O)N2[C@H](C(=O)Nc3nc(Br)ccc3C)C[C@@]3(C)C[C@@H]23)c2c(C)cc(-c3cnc(C(C)O)nc3)cc12. The van der Waals surface area contributed by atoms with E-state index in [1.807, 2.05) is 42.7 Å². The predicted molar refractivity (Wildman–Crippen MR) is 165 cm³/mol. The lowest BCUT2D eigenvalue weighted by Gasteiger charge is -2.27. The summed E-state index contributed by atoms with van der Waals surface area (Å²) in [4.78, 5) is 54.9. The van der Waals surface area contributed by atoms with E-state index in [1.54, 1.807) is 30.4 Å². The molecule has 1 aromatic carbocycles. The number of hydrogen-bond donors (Lipinski definition) is 2. The molecule has 2 aliphatic rings. The van der Waals surface area contributed by atoms with Gasteiger partial charge in [-0.25, -0.2) is 15.0 Å². The van der Waals surface area contributed by atoms with Crippen LogP contribution in [0.1, 0.15) is 67.0 Å². The lowest BCUT2D eigenvalue weighted by atomic mass is 10.0. The monoisotopic (exact) mass is 644 g/mol. The van der Waals surface area contributed by atoms with Crippen LogP contribution in [0.3, 0.4) is 0 Å². The molecule has 0 radical (unpaired) electrons. The summed E-state index contributed by atoms with van der Waals surface area (Å²) < 4.78 is 2.44. The number of fused-ring (bicyclic) bond motifs is 2. The predicted octanol–water partition coefficient (Wildman–Crippen LogP) is 5.15. The zero-order chi connectivity index (χ0) is 30.8. The number of carbonyl (C=O) groups is 3. The Balaban J connectivity index is 1.31. The normalized spacial score (nSPS) is 21.5. The van der Waals surface area contributed by atoms with Crippen molar-refractivity contribution in [1.82, 2.24) is 24.4 Å². The van der Waals surface area contributed by atoms with Crippen molar-refractivity contribution in [3.05, 3.63) is 70.0 Å². The van der Waals surface area contributed by atoms with Crippen LogP contribution < -0.4 is 5.32 Å². The number of hydrogen-bond acceptors (Lipinski definition) is 7. The maximum absolute atomic E-state index is 14.0. The van der Waals surface area contributed by atoms with Gasteiger partial charge in [-0.15, -0.1) is 0 Å². The van der Waals surface area contributed by atoms with Gasteiger partial charge in [0.15, 0.2) is 11.6 Å². The van der Waals surface area contributed by atoms with Crippen molar-refractivity contribution in [3.8, 4) is 11.1 Å². The standard InChI is InChI=1S/C32H33BrN6O4/c1-16-6-7-26(33)36-29(16)37-31(43)24-10-32(5)11-25(32)39(24)27(42)15-38-14-23(18(3)40)22-9-20(8-17(2)28(22)38)21-12-34-30(19(4)41)35-13-21/h6-9,12-14,19,24-25,41H,10-11,15H2,1-5H3,(H,36,37,43)/t19?,24-,25+,32-/m0/s1. The van der Waals surface area contributed by atoms with E-state index in [-0.39, 0.29) is 35.6 Å². The van der Waals surface area contributed by atoms with E-state index < -0.39 is 12.1 Å². The van der Waals surface area contributed by atoms with Crippen molar-refractivity contribution in [2.24, 2.45) is 5.41 Å². The van der Waals surface area contributed by atoms with Gasteiger partial charge < -0.3 is 19.9 Å². The molecule has 2 fully saturated rings. The molecule has 222 valence electrons. The van der Waals surface area contributed by atoms with E-state index >= 15 is 0 Å². The summed E-state index contributed by atoms with van der Waals surface area (Å²) in [6, 6.07) is 6.97. The highest BCUT2D eigenvalue weighted by Crippen LogP contribution is 2.59. The number of rotatable bonds is 7. The minimum Gasteiger partial charge on any atom is -0.385 e. The summed E-state index contributed by atoms with van der Waals surface area (Å²) in [5, 5.41) is 13.4. The zero-order valence-electron chi connectivity index (χ0n) is 24.7. The first-order valence-corrected chi connectivity index (χ1v) is 15.1. The van der Waals surface area contributed by atoms with Gasteiger partial charge in [0.25, 0.3) is 0 Å². The highest BCUT2D eigenvalue weighted by molar-refractivity contribution is 9.10. The molecular weight excluding hydrogens is 612 g/mol. The van der Waals surface area contributed by atoms with Crippen LogP contribution in [0.4, 0.5) is 5.82 Å². The number of halogens is 1. The van der Waals surface area contributed by atoms with Crippen molar-refractivity contribution in [2.45, 2.75) is 72.2 Å². The number of carbonyl (C=O) groups excluding carboxylic acids is 3. The Labute approximate surface area is 257 Å². The number of nitrogens with zero attached hydrogens (tertiary/aromatic N) is 5.